The van der Waals surface area contributed by atoms with Gasteiger partial charge in [-0.2, -0.15) is 0 Å². The average Bonchev–Trinajstić information content (AvgIpc) is 2.78. The van der Waals surface area contributed by atoms with E-state index in [2.05, 4.69) is 11.1 Å². The van der Waals surface area contributed by atoms with Crippen LogP contribution >= 0.6 is 0 Å². The number of nitrogens with zero attached hydrogens (tertiary/aromatic N) is 3. The number of nitriles is 1. The molecule has 0 N–H and O–H groups in total. The van der Waals surface area contributed by atoms with Gasteiger partial charge in [0.2, 0.25) is 0 Å². The van der Waals surface area contributed by atoms with Crippen molar-refractivity contribution in [1.29, 1.82) is 5.26 Å². The van der Waals surface area contributed by atoms with Gasteiger partial charge in [-0.3, -0.25) is 0 Å². The van der Waals surface area contributed by atoms with Gasteiger partial charge in [-0.1, -0.05) is 0 Å². The van der Waals surface area contributed by atoms with Gasteiger partial charge < -0.3 is 0 Å². The number of aromatic nitrogens is 1. The van der Waals surface area contributed by atoms with Crippen LogP contribution in [0.25, 0.3) is 0 Å². The number of aryl methyl sites for hydroxylation is 1. The average molecular weight is 544 g/mol. The summed E-state index contributed by atoms with van der Waals surface area (Å²) in [5.41, 5.74) is 1.68. The van der Waals surface area contributed by atoms with Crippen LogP contribution in [-0.2, 0) is 23.4 Å². The molecule has 1 aliphatic heterocycles. The van der Waals surface area contributed by atoms with Crippen LogP contribution in [0.2, 0.25) is 0 Å². The molecule has 1 radical (unpaired) electrons. The van der Waals surface area contributed by atoms with Crippen LogP contribution in [0, 0.1) is 24.2 Å². The molecular formula is C24H27AsN3O5S. The zero-order valence-electron chi connectivity index (χ0n) is 19.4. The maximum atomic E-state index is 12.8. The molecule has 8 nitrogen and oxygen atoms in total. The van der Waals surface area contributed by atoms with Gasteiger partial charge in [0.15, 0.2) is 0 Å². The summed E-state index contributed by atoms with van der Waals surface area (Å²) in [5.74, 6) is -0.475. The number of ether oxygens (including phenoxy) is 1. The standard InChI is InChI=1S/C24H27AsN3O5S/c1-16(2)33-24(30)21-13-20(14-26)23(27-17(21)3)28-11-9-19(10-12-28)22(29)25-34(31,32)15-18-7-5-4-6-8-18/h4-8,13,16,19H,9-12,15H2,1-3H3. The molecule has 1 aromatic heterocycles. The van der Waals surface area contributed by atoms with E-state index in [1.54, 1.807) is 45.0 Å². The van der Waals surface area contributed by atoms with Crippen molar-refractivity contribution < 1.29 is 22.7 Å². The molecule has 0 spiro atoms. The first-order valence-corrected chi connectivity index (χ1v) is 15.9. The summed E-state index contributed by atoms with van der Waals surface area (Å²) in [4.78, 5) is 31.5. The Labute approximate surface area is 205 Å². The fourth-order valence-corrected chi connectivity index (χ4v) is 9.42. The van der Waals surface area contributed by atoms with Crippen molar-refractivity contribution in [1.82, 2.24) is 4.98 Å². The smallest absolute Gasteiger partial charge is 0.0279 e. The molecule has 179 valence electrons. The third kappa shape index (κ3) is 6.68. The van der Waals surface area contributed by atoms with E-state index in [4.69, 9.17) is 4.74 Å². The van der Waals surface area contributed by atoms with E-state index in [1.165, 1.54) is 6.07 Å². The number of benzene rings is 1. The van der Waals surface area contributed by atoms with E-state index in [0.717, 1.165) is 0 Å². The van der Waals surface area contributed by atoms with Crippen molar-refractivity contribution in [2.75, 3.05) is 18.0 Å². The Morgan fingerprint density at radius 2 is 1.88 bits per heavy atom. The Morgan fingerprint density at radius 1 is 1.24 bits per heavy atom. The molecule has 1 aliphatic rings. The molecule has 0 unspecified atom stereocenters. The molecule has 10 heteroatoms. The summed E-state index contributed by atoms with van der Waals surface area (Å²) in [6, 6.07) is 12.5. The molecule has 0 atom stereocenters. The van der Waals surface area contributed by atoms with Crippen molar-refractivity contribution in [3.63, 3.8) is 0 Å². The molecule has 0 aliphatic carbocycles. The number of rotatable bonds is 8. The second-order valence-corrected chi connectivity index (χ2v) is 15.7. The summed E-state index contributed by atoms with van der Waals surface area (Å²) in [6.45, 7) is 6.15. The molecule has 1 saturated heterocycles. The number of carbonyl (C=O) groups excluding carboxylic acids is 2. The van der Waals surface area contributed by atoms with Crippen LogP contribution in [0.4, 0.5) is 5.82 Å². The van der Waals surface area contributed by atoms with E-state index >= 15 is 0 Å². The van der Waals surface area contributed by atoms with Crippen LogP contribution in [-0.4, -0.2) is 57.7 Å². The molecule has 1 aromatic carbocycles. The van der Waals surface area contributed by atoms with Crippen LogP contribution in [0.3, 0.4) is 0 Å². The quantitative estimate of drug-likeness (QED) is 0.368. The first-order valence-electron chi connectivity index (χ1n) is 11.0. The maximum absolute atomic E-state index is 12.8. The van der Waals surface area contributed by atoms with Gasteiger partial charge in [-0.15, -0.1) is 0 Å². The summed E-state index contributed by atoms with van der Waals surface area (Å²) in [7, 11) is -3.46. The van der Waals surface area contributed by atoms with Gasteiger partial charge >= 0.3 is 192 Å². The van der Waals surface area contributed by atoms with Gasteiger partial charge in [0.05, 0.1) is 0 Å². The molecule has 0 amide bonds. The zero-order chi connectivity index (χ0) is 24.9. The third-order valence-electron chi connectivity index (χ3n) is 5.44. The molecule has 1 fully saturated rings. The Morgan fingerprint density at radius 3 is 2.47 bits per heavy atom. The fraction of sp³-hybridized carbons (Fsp3) is 0.417. The molecular weight excluding hydrogens is 517 g/mol. The number of hydrogen-bond donors (Lipinski definition) is 0. The minimum absolute atomic E-state index is 0.112. The first-order chi connectivity index (χ1) is 16.1. The van der Waals surface area contributed by atoms with Gasteiger partial charge in [-0.05, 0) is 13.8 Å². The van der Waals surface area contributed by atoms with Crippen molar-refractivity contribution in [2.45, 2.75) is 45.5 Å². The van der Waals surface area contributed by atoms with Crippen LogP contribution in [0.15, 0.2) is 36.4 Å². The molecule has 0 bridgehead atoms. The number of anilines is 1. The number of piperidine rings is 1. The minimum Gasteiger partial charge on any atom is -0.0279 e. The second kappa shape index (κ2) is 11.2. The van der Waals surface area contributed by atoms with Crippen LogP contribution < -0.4 is 4.90 Å². The normalized spacial score (nSPS) is 15.0. The van der Waals surface area contributed by atoms with E-state index in [1.807, 2.05) is 11.0 Å². The monoisotopic (exact) mass is 544 g/mol. The Bertz CT molecular complexity index is 1200. The van der Waals surface area contributed by atoms with Crippen LogP contribution in [0.1, 0.15) is 53.9 Å². The first kappa shape index (κ1) is 25.9. The van der Waals surface area contributed by atoms with Gasteiger partial charge in [0.25, 0.3) is 0 Å². The summed E-state index contributed by atoms with van der Waals surface area (Å²) in [6.07, 6.45) is 0.711. The van der Waals surface area contributed by atoms with Crippen molar-refractivity contribution >= 4 is 39.1 Å². The van der Waals surface area contributed by atoms with E-state index in [0.29, 0.717) is 43.0 Å². The molecule has 0 saturated carbocycles. The van der Waals surface area contributed by atoms with Gasteiger partial charge in [0.1, 0.15) is 0 Å². The van der Waals surface area contributed by atoms with E-state index in [9.17, 15) is 23.3 Å². The van der Waals surface area contributed by atoms with Gasteiger partial charge in [-0.25, -0.2) is 0 Å². The van der Waals surface area contributed by atoms with E-state index < -0.39 is 28.7 Å². The summed E-state index contributed by atoms with van der Waals surface area (Å²) >= 11 is -1.47. The third-order valence-corrected chi connectivity index (χ3v) is 11.1. The summed E-state index contributed by atoms with van der Waals surface area (Å²) in [5, 5.41) is 9.63. The van der Waals surface area contributed by atoms with Crippen molar-refractivity contribution in [3.8, 4) is 6.07 Å². The Balaban J connectivity index is 1.65. The van der Waals surface area contributed by atoms with Crippen LogP contribution in [0.5, 0.6) is 0 Å². The van der Waals surface area contributed by atoms with Crippen molar-refractivity contribution in [3.05, 3.63) is 58.8 Å². The SMILES string of the molecule is Cc1nc(N2CCC(C(=O)[As]S(=O)(=O)Cc3ccccc3)CC2)c(C#N)cc1C(=O)OC(C)C. The number of pyridine rings is 1. The number of hydrogen-bond acceptors (Lipinski definition) is 8. The van der Waals surface area contributed by atoms with E-state index in [-0.39, 0.29) is 33.5 Å². The molecule has 2 aromatic rings. The Kier molecular flexibility index (Phi) is 8.51. The Hall–Kier alpha value is -2.69. The number of carbonyl (C=O) groups is 2. The van der Waals surface area contributed by atoms with Crippen molar-refractivity contribution in [2.24, 2.45) is 5.92 Å². The topological polar surface area (TPSA) is 117 Å². The van der Waals surface area contributed by atoms with Gasteiger partial charge in [0, 0.05) is 0 Å². The second-order valence-electron chi connectivity index (χ2n) is 8.46. The predicted octanol–water partition coefficient (Wildman–Crippen LogP) is 2.80. The predicted molar refractivity (Wildman–Crippen MR) is 129 cm³/mol. The molecule has 34 heavy (non-hydrogen) atoms. The minimum atomic E-state index is -3.46. The molecule has 2 heterocycles. The molecule has 3 rings (SSSR count). The summed E-state index contributed by atoms with van der Waals surface area (Å²) < 4.78 is 30.1. The number of esters is 1. The zero-order valence-corrected chi connectivity index (χ0v) is 22.1. The fourth-order valence-electron chi connectivity index (χ4n) is 3.77.